The predicted octanol–water partition coefficient (Wildman–Crippen LogP) is 4.79. The Kier molecular flexibility index (Phi) is 8.37. The molecule has 0 atom stereocenters. The van der Waals surface area contributed by atoms with Crippen molar-refractivity contribution < 1.29 is 9.59 Å². The molecule has 1 aliphatic rings. The van der Waals surface area contributed by atoms with Gasteiger partial charge in [-0.2, -0.15) is 5.26 Å². The molecule has 0 aliphatic heterocycles. The van der Waals surface area contributed by atoms with Crippen molar-refractivity contribution in [3.8, 4) is 6.07 Å². The van der Waals surface area contributed by atoms with Crippen LogP contribution in [0, 0.1) is 11.3 Å². The standard InChI is InChI=1S/C29H32N6O2/c1-34(2)28(36)23-9-13-25(14-10-23)35(29(37)32-19-21-6-4-3-5-7-21)26-15-11-24(12-16-26)33-27-17-8-22(18-30)20-31-27/h3-10,13-14,17,20,24,26H,11-12,15-16,19H2,1-2H3,(H,31,33)(H,32,37)/t24-,26-. The highest BCUT2D eigenvalue weighted by atomic mass is 16.2. The van der Waals surface area contributed by atoms with E-state index in [0.29, 0.717) is 17.7 Å². The van der Waals surface area contributed by atoms with E-state index in [2.05, 4.69) is 21.7 Å². The fraction of sp³-hybridized carbons (Fsp3) is 0.310. The van der Waals surface area contributed by atoms with Crippen molar-refractivity contribution in [2.24, 2.45) is 0 Å². The third-order valence-electron chi connectivity index (χ3n) is 6.61. The molecule has 8 heteroatoms. The van der Waals surface area contributed by atoms with Crippen LogP contribution >= 0.6 is 0 Å². The molecule has 1 heterocycles. The summed E-state index contributed by atoms with van der Waals surface area (Å²) in [6.07, 6.45) is 4.98. The van der Waals surface area contributed by atoms with Crippen LogP contribution in [0.15, 0.2) is 72.9 Å². The third-order valence-corrected chi connectivity index (χ3v) is 6.61. The average Bonchev–Trinajstić information content (AvgIpc) is 2.94. The minimum Gasteiger partial charge on any atom is -0.367 e. The van der Waals surface area contributed by atoms with Crippen LogP contribution < -0.4 is 15.5 Å². The molecule has 3 amide bonds. The van der Waals surface area contributed by atoms with E-state index in [-0.39, 0.29) is 24.0 Å². The summed E-state index contributed by atoms with van der Waals surface area (Å²) in [5.74, 6) is 0.677. The van der Waals surface area contributed by atoms with E-state index in [1.165, 1.54) is 4.90 Å². The Balaban J connectivity index is 1.46. The molecule has 8 nitrogen and oxygen atoms in total. The Hall–Kier alpha value is -4.38. The second kappa shape index (κ2) is 12.0. The fourth-order valence-electron chi connectivity index (χ4n) is 4.61. The van der Waals surface area contributed by atoms with Crippen LogP contribution in [0.25, 0.3) is 0 Å². The van der Waals surface area contributed by atoms with Crippen molar-refractivity contribution in [2.75, 3.05) is 24.3 Å². The van der Waals surface area contributed by atoms with Gasteiger partial charge in [0.15, 0.2) is 0 Å². The molecule has 0 saturated heterocycles. The van der Waals surface area contributed by atoms with Crippen molar-refractivity contribution in [3.63, 3.8) is 0 Å². The Labute approximate surface area is 217 Å². The van der Waals surface area contributed by atoms with Crippen LogP contribution in [0.1, 0.15) is 47.2 Å². The Morgan fingerprint density at radius 1 is 0.973 bits per heavy atom. The van der Waals surface area contributed by atoms with Crippen molar-refractivity contribution in [1.82, 2.24) is 15.2 Å². The lowest BCUT2D eigenvalue weighted by Crippen LogP contribution is -2.48. The van der Waals surface area contributed by atoms with E-state index in [9.17, 15) is 9.59 Å². The Morgan fingerprint density at radius 3 is 2.27 bits per heavy atom. The second-order valence-corrected chi connectivity index (χ2v) is 9.45. The molecule has 1 fully saturated rings. The number of nitrogens with zero attached hydrogens (tertiary/aromatic N) is 4. The summed E-state index contributed by atoms with van der Waals surface area (Å²) in [5.41, 5.74) is 2.92. The summed E-state index contributed by atoms with van der Waals surface area (Å²) in [7, 11) is 3.44. The molecule has 37 heavy (non-hydrogen) atoms. The molecule has 1 aromatic heterocycles. The number of benzene rings is 2. The van der Waals surface area contributed by atoms with Gasteiger partial charge in [-0.1, -0.05) is 30.3 Å². The zero-order valence-corrected chi connectivity index (χ0v) is 21.2. The molecule has 190 valence electrons. The number of pyridine rings is 1. The van der Waals surface area contributed by atoms with Crippen LogP contribution in [0.3, 0.4) is 0 Å². The average molecular weight is 497 g/mol. The third kappa shape index (κ3) is 6.64. The number of nitrogens with one attached hydrogen (secondary N) is 2. The molecule has 0 spiro atoms. The quantitative estimate of drug-likeness (QED) is 0.490. The molecule has 2 aromatic carbocycles. The number of hydrogen-bond donors (Lipinski definition) is 2. The summed E-state index contributed by atoms with van der Waals surface area (Å²) in [4.78, 5) is 33.5. The molecule has 4 rings (SSSR count). The number of carbonyl (C=O) groups is 2. The number of hydrogen-bond acceptors (Lipinski definition) is 5. The first-order chi connectivity index (χ1) is 17.9. The summed E-state index contributed by atoms with van der Waals surface area (Å²) >= 11 is 0. The van der Waals surface area contributed by atoms with Crippen LogP contribution in [-0.4, -0.2) is 48.0 Å². The molecule has 0 unspecified atom stereocenters. The number of anilines is 2. The van der Waals surface area contributed by atoms with Crippen molar-refractivity contribution >= 4 is 23.4 Å². The van der Waals surface area contributed by atoms with Gasteiger partial charge in [-0.05, 0) is 67.6 Å². The van der Waals surface area contributed by atoms with Gasteiger partial charge < -0.3 is 15.5 Å². The first kappa shape index (κ1) is 25.7. The Bertz CT molecular complexity index is 1230. The normalized spacial score (nSPS) is 16.8. The highest BCUT2D eigenvalue weighted by molar-refractivity contribution is 5.96. The van der Waals surface area contributed by atoms with E-state index >= 15 is 0 Å². The molecular formula is C29H32N6O2. The zero-order valence-electron chi connectivity index (χ0n) is 21.2. The molecule has 3 aromatic rings. The predicted molar refractivity (Wildman–Crippen MR) is 144 cm³/mol. The van der Waals surface area contributed by atoms with E-state index in [1.807, 2.05) is 53.4 Å². The van der Waals surface area contributed by atoms with Gasteiger partial charge in [0.05, 0.1) is 5.56 Å². The van der Waals surface area contributed by atoms with Crippen molar-refractivity contribution in [2.45, 2.75) is 44.3 Å². The first-order valence-corrected chi connectivity index (χ1v) is 12.5. The second-order valence-electron chi connectivity index (χ2n) is 9.45. The van der Waals surface area contributed by atoms with Gasteiger partial charge in [-0.15, -0.1) is 0 Å². The summed E-state index contributed by atoms with van der Waals surface area (Å²) in [6, 6.07) is 22.9. The smallest absolute Gasteiger partial charge is 0.322 e. The van der Waals surface area contributed by atoms with Crippen LogP contribution in [-0.2, 0) is 6.54 Å². The van der Waals surface area contributed by atoms with Gasteiger partial charge in [-0.25, -0.2) is 9.78 Å². The Morgan fingerprint density at radius 2 is 1.68 bits per heavy atom. The SMILES string of the molecule is CN(C)C(=O)c1ccc(N(C(=O)NCc2ccccc2)[C@H]2CC[C@H](Nc3ccc(C#N)cn3)CC2)cc1. The molecule has 2 N–H and O–H groups in total. The van der Waals surface area contributed by atoms with Crippen LogP contribution in [0.5, 0.6) is 0 Å². The van der Waals surface area contributed by atoms with Gasteiger partial charge in [0.1, 0.15) is 11.9 Å². The number of carbonyl (C=O) groups excluding carboxylic acids is 2. The summed E-state index contributed by atoms with van der Waals surface area (Å²) < 4.78 is 0. The van der Waals surface area contributed by atoms with E-state index in [4.69, 9.17) is 5.26 Å². The van der Waals surface area contributed by atoms with Gasteiger partial charge in [0.25, 0.3) is 5.91 Å². The van der Waals surface area contributed by atoms with Gasteiger partial charge >= 0.3 is 6.03 Å². The fourth-order valence-corrected chi connectivity index (χ4v) is 4.61. The van der Waals surface area contributed by atoms with Crippen molar-refractivity contribution in [3.05, 3.63) is 89.6 Å². The van der Waals surface area contributed by atoms with Gasteiger partial charge in [0, 0.05) is 50.2 Å². The highest BCUT2D eigenvalue weighted by Crippen LogP contribution is 2.29. The molecule has 0 radical (unpaired) electrons. The summed E-state index contributed by atoms with van der Waals surface area (Å²) in [5, 5.41) is 15.5. The largest absolute Gasteiger partial charge is 0.367 e. The van der Waals surface area contributed by atoms with Gasteiger partial charge in [-0.3, -0.25) is 9.69 Å². The summed E-state index contributed by atoms with van der Waals surface area (Å²) in [6.45, 7) is 0.439. The number of aromatic nitrogens is 1. The first-order valence-electron chi connectivity index (χ1n) is 12.5. The monoisotopic (exact) mass is 496 g/mol. The van der Waals surface area contributed by atoms with E-state index in [1.54, 1.807) is 38.5 Å². The number of amides is 3. The lowest BCUT2D eigenvalue weighted by molar-refractivity contribution is 0.0827. The lowest BCUT2D eigenvalue weighted by Gasteiger charge is -2.37. The van der Waals surface area contributed by atoms with Gasteiger partial charge in [0.2, 0.25) is 0 Å². The van der Waals surface area contributed by atoms with Crippen LogP contribution in [0.2, 0.25) is 0 Å². The maximum absolute atomic E-state index is 13.5. The number of urea groups is 1. The minimum atomic E-state index is -0.152. The molecule has 1 aliphatic carbocycles. The van der Waals surface area contributed by atoms with E-state index in [0.717, 1.165) is 42.8 Å². The maximum Gasteiger partial charge on any atom is 0.322 e. The molecule has 1 saturated carbocycles. The van der Waals surface area contributed by atoms with Crippen molar-refractivity contribution in [1.29, 1.82) is 5.26 Å². The molecular weight excluding hydrogens is 464 g/mol. The lowest BCUT2D eigenvalue weighted by atomic mass is 9.89. The topological polar surface area (TPSA) is 101 Å². The minimum absolute atomic E-state index is 0.0261. The maximum atomic E-state index is 13.5. The molecule has 0 bridgehead atoms. The van der Waals surface area contributed by atoms with E-state index < -0.39 is 0 Å². The number of rotatable bonds is 7. The van der Waals surface area contributed by atoms with Crippen LogP contribution in [0.4, 0.5) is 16.3 Å². The zero-order chi connectivity index (χ0) is 26.2. The highest BCUT2D eigenvalue weighted by Gasteiger charge is 2.30. The number of nitriles is 1.